The third-order valence-electron chi connectivity index (χ3n) is 4.92. The van der Waals surface area contributed by atoms with Crippen LogP contribution in [-0.2, 0) is 5.54 Å². The van der Waals surface area contributed by atoms with Crippen LogP contribution in [-0.4, -0.2) is 39.0 Å². The standard InChI is InChI=1S/C19H19F2N5O2/c1-9-17(23-8-14(20)21)26-15-10(3-2-4-12(15)24-9)13-7-11(18(27)28)16(25-13)19(22)5-6-19/h2-4,7,14,25H,5-6,8,22H2,1H3,(H,23,26)(H,27,28). The summed E-state index contributed by atoms with van der Waals surface area (Å²) in [5, 5.41) is 12.2. The molecule has 0 amide bonds. The molecule has 1 fully saturated rings. The van der Waals surface area contributed by atoms with Crippen LogP contribution in [0.2, 0.25) is 0 Å². The second-order valence-electron chi connectivity index (χ2n) is 7.04. The highest BCUT2D eigenvalue weighted by Crippen LogP contribution is 2.45. The number of aryl methyl sites for hydroxylation is 1. The van der Waals surface area contributed by atoms with E-state index in [0.29, 0.717) is 46.5 Å². The van der Waals surface area contributed by atoms with Crippen LogP contribution in [0.5, 0.6) is 0 Å². The number of carboxylic acids is 1. The maximum atomic E-state index is 12.6. The minimum absolute atomic E-state index is 0.128. The van der Waals surface area contributed by atoms with E-state index in [1.165, 1.54) is 6.07 Å². The van der Waals surface area contributed by atoms with Gasteiger partial charge in [-0.1, -0.05) is 12.1 Å². The van der Waals surface area contributed by atoms with Gasteiger partial charge in [0.2, 0.25) is 0 Å². The fourth-order valence-electron chi connectivity index (χ4n) is 3.27. The number of nitrogens with two attached hydrogens (primary N) is 1. The molecule has 0 unspecified atom stereocenters. The molecule has 4 rings (SSSR count). The Balaban J connectivity index is 1.85. The van der Waals surface area contributed by atoms with Gasteiger partial charge in [0.25, 0.3) is 6.43 Å². The zero-order valence-electron chi connectivity index (χ0n) is 15.1. The van der Waals surface area contributed by atoms with Crippen LogP contribution in [0.15, 0.2) is 24.3 Å². The molecule has 9 heteroatoms. The maximum Gasteiger partial charge on any atom is 0.337 e. The lowest BCUT2D eigenvalue weighted by atomic mass is 10.1. The SMILES string of the molecule is Cc1nc2cccc(-c3cc(C(=O)O)c(C4(N)CC4)[nH]3)c2nc1NCC(F)F. The molecule has 0 bridgehead atoms. The molecule has 2 aromatic heterocycles. The van der Waals surface area contributed by atoms with E-state index in [2.05, 4.69) is 20.3 Å². The van der Waals surface area contributed by atoms with Crippen molar-refractivity contribution in [2.45, 2.75) is 31.7 Å². The average molecular weight is 387 g/mol. The van der Waals surface area contributed by atoms with Crippen molar-refractivity contribution in [3.63, 3.8) is 0 Å². The number of aromatic carboxylic acids is 1. The Morgan fingerprint density at radius 2 is 2.14 bits per heavy atom. The maximum absolute atomic E-state index is 12.6. The molecule has 1 aliphatic carbocycles. The van der Waals surface area contributed by atoms with E-state index in [1.807, 2.05) is 0 Å². The van der Waals surface area contributed by atoms with Crippen molar-refractivity contribution in [1.29, 1.82) is 0 Å². The van der Waals surface area contributed by atoms with Crippen molar-refractivity contribution in [2.24, 2.45) is 5.73 Å². The van der Waals surface area contributed by atoms with Gasteiger partial charge in [0.15, 0.2) is 0 Å². The molecule has 1 saturated carbocycles. The van der Waals surface area contributed by atoms with Crippen molar-refractivity contribution >= 4 is 22.8 Å². The number of carbonyl (C=O) groups is 1. The van der Waals surface area contributed by atoms with Gasteiger partial charge in [0.05, 0.1) is 34.6 Å². The molecule has 0 spiro atoms. The molecule has 28 heavy (non-hydrogen) atoms. The quantitative estimate of drug-likeness (QED) is 0.516. The molecule has 1 aliphatic rings. The fraction of sp³-hybridized carbons (Fsp3) is 0.316. The molecule has 7 nitrogen and oxygen atoms in total. The molecular formula is C19H19F2N5O2. The highest BCUT2D eigenvalue weighted by Gasteiger charge is 2.44. The van der Waals surface area contributed by atoms with Crippen LogP contribution in [0, 0.1) is 6.92 Å². The molecule has 0 radical (unpaired) electrons. The van der Waals surface area contributed by atoms with Crippen LogP contribution < -0.4 is 11.1 Å². The second-order valence-corrected chi connectivity index (χ2v) is 7.04. The fourth-order valence-corrected chi connectivity index (χ4v) is 3.27. The lowest BCUT2D eigenvalue weighted by molar-refractivity contribution is 0.0695. The Morgan fingerprint density at radius 3 is 2.79 bits per heavy atom. The van der Waals surface area contributed by atoms with E-state index >= 15 is 0 Å². The first-order valence-electron chi connectivity index (χ1n) is 8.84. The number of nitrogens with zero attached hydrogens (tertiary/aromatic N) is 2. The number of hydrogen-bond donors (Lipinski definition) is 4. The van der Waals surface area contributed by atoms with E-state index in [4.69, 9.17) is 5.73 Å². The number of halogens is 2. The van der Waals surface area contributed by atoms with Gasteiger partial charge in [0.1, 0.15) is 11.3 Å². The summed E-state index contributed by atoms with van der Waals surface area (Å²) in [4.78, 5) is 23.7. The van der Waals surface area contributed by atoms with E-state index < -0.39 is 24.5 Å². The number of nitrogens with one attached hydrogen (secondary N) is 2. The number of aromatic nitrogens is 3. The van der Waals surface area contributed by atoms with Gasteiger partial charge in [-0.3, -0.25) is 0 Å². The average Bonchev–Trinajstić information content (AvgIpc) is 3.22. The summed E-state index contributed by atoms with van der Waals surface area (Å²) in [6.07, 6.45) is -1.09. The van der Waals surface area contributed by atoms with E-state index in [-0.39, 0.29) is 11.4 Å². The Bertz CT molecular complexity index is 1080. The van der Waals surface area contributed by atoms with E-state index in [0.717, 1.165) is 0 Å². The number of aromatic amines is 1. The Hall–Kier alpha value is -3.07. The summed E-state index contributed by atoms with van der Waals surface area (Å²) >= 11 is 0. The number of carboxylic acid groups (broad SMARTS) is 1. The summed E-state index contributed by atoms with van der Waals surface area (Å²) in [5.41, 5.74) is 8.93. The summed E-state index contributed by atoms with van der Waals surface area (Å²) < 4.78 is 25.1. The molecule has 5 N–H and O–H groups in total. The first kappa shape index (κ1) is 18.3. The first-order valence-corrected chi connectivity index (χ1v) is 8.84. The summed E-state index contributed by atoms with van der Waals surface area (Å²) in [7, 11) is 0. The van der Waals surface area contributed by atoms with Crippen LogP contribution in [0.4, 0.5) is 14.6 Å². The predicted octanol–water partition coefficient (Wildman–Crippen LogP) is 3.26. The Kier molecular flexibility index (Phi) is 4.26. The molecule has 146 valence electrons. The second kappa shape index (κ2) is 6.52. The van der Waals surface area contributed by atoms with Crippen molar-refractivity contribution in [3.05, 3.63) is 41.2 Å². The van der Waals surface area contributed by atoms with Gasteiger partial charge < -0.3 is 21.1 Å². The largest absolute Gasteiger partial charge is 0.478 e. The monoisotopic (exact) mass is 387 g/mol. The lowest BCUT2D eigenvalue weighted by Crippen LogP contribution is -2.22. The summed E-state index contributed by atoms with van der Waals surface area (Å²) in [6, 6.07) is 6.87. The Labute approximate surface area is 159 Å². The number of fused-ring (bicyclic) bond motifs is 1. The highest BCUT2D eigenvalue weighted by atomic mass is 19.3. The zero-order valence-corrected chi connectivity index (χ0v) is 15.1. The minimum atomic E-state index is -2.52. The third kappa shape index (κ3) is 3.18. The number of rotatable bonds is 6. The van der Waals surface area contributed by atoms with E-state index in [9.17, 15) is 18.7 Å². The van der Waals surface area contributed by atoms with Crippen LogP contribution in [0.25, 0.3) is 22.3 Å². The van der Waals surface area contributed by atoms with Crippen LogP contribution in [0.1, 0.15) is 34.6 Å². The number of hydrogen-bond acceptors (Lipinski definition) is 5. The molecule has 0 atom stereocenters. The zero-order chi connectivity index (χ0) is 20.1. The van der Waals surface area contributed by atoms with Crippen molar-refractivity contribution in [3.8, 4) is 11.3 Å². The predicted molar refractivity (Wildman–Crippen MR) is 101 cm³/mol. The van der Waals surface area contributed by atoms with Gasteiger partial charge in [-0.15, -0.1) is 0 Å². The van der Waals surface area contributed by atoms with Gasteiger partial charge in [-0.2, -0.15) is 0 Å². The number of para-hydroxylation sites is 1. The summed E-state index contributed by atoms with van der Waals surface area (Å²) in [5.74, 6) is -0.793. The molecule has 0 aliphatic heterocycles. The number of alkyl halides is 2. The van der Waals surface area contributed by atoms with Crippen LogP contribution >= 0.6 is 0 Å². The molecule has 1 aromatic carbocycles. The normalized spacial score (nSPS) is 15.2. The number of anilines is 1. The molecule has 3 aromatic rings. The number of H-pyrrole nitrogens is 1. The smallest absolute Gasteiger partial charge is 0.337 e. The van der Waals surface area contributed by atoms with Gasteiger partial charge >= 0.3 is 5.97 Å². The third-order valence-corrected chi connectivity index (χ3v) is 4.92. The highest BCUT2D eigenvalue weighted by molar-refractivity contribution is 5.96. The van der Waals surface area contributed by atoms with Gasteiger partial charge in [-0.25, -0.2) is 23.5 Å². The van der Waals surface area contributed by atoms with Crippen molar-refractivity contribution < 1.29 is 18.7 Å². The van der Waals surface area contributed by atoms with Gasteiger partial charge in [0, 0.05) is 11.3 Å². The number of benzene rings is 1. The summed E-state index contributed by atoms with van der Waals surface area (Å²) in [6.45, 7) is 1.15. The minimum Gasteiger partial charge on any atom is -0.478 e. The van der Waals surface area contributed by atoms with Gasteiger partial charge in [-0.05, 0) is 31.9 Å². The molecule has 2 heterocycles. The van der Waals surface area contributed by atoms with Crippen LogP contribution in [0.3, 0.4) is 0 Å². The topological polar surface area (TPSA) is 117 Å². The van der Waals surface area contributed by atoms with Crippen molar-refractivity contribution in [1.82, 2.24) is 15.0 Å². The molecule has 0 saturated heterocycles. The molecular weight excluding hydrogens is 368 g/mol. The van der Waals surface area contributed by atoms with E-state index in [1.54, 1.807) is 25.1 Å². The lowest BCUT2D eigenvalue weighted by Gasteiger charge is -2.11. The first-order chi connectivity index (χ1) is 13.3. The van der Waals surface area contributed by atoms with Crippen molar-refractivity contribution in [2.75, 3.05) is 11.9 Å². The Morgan fingerprint density at radius 1 is 1.39 bits per heavy atom.